The zero-order valence-electron chi connectivity index (χ0n) is 8.32. The molecule has 0 spiro atoms. The highest BCUT2D eigenvalue weighted by Gasteiger charge is 1.96. The molecule has 15 heavy (non-hydrogen) atoms. The van der Waals surface area contributed by atoms with E-state index in [0.717, 1.165) is 26.4 Å². The summed E-state index contributed by atoms with van der Waals surface area (Å²) in [7, 11) is 0. The zero-order valence-corrected chi connectivity index (χ0v) is 9.07. The lowest BCUT2D eigenvalue weighted by molar-refractivity contribution is -0.0334. The van der Waals surface area contributed by atoms with Gasteiger partial charge >= 0.3 is 0 Å². The van der Waals surface area contributed by atoms with E-state index in [1.807, 2.05) is 6.07 Å². The molecule has 0 unspecified atom stereocenters. The Bertz CT molecular complexity index is 272. The summed E-state index contributed by atoms with van der Waals surface area (Å²) in [6, 6.07) is 8.74. The van der Waals surface area contributed by atoms with Gasteiger partial charge in [-0.1, -0.05) is 30.3 Å². The third-order valence-corrected chi connectivity index (χ3v) is 1.96. The van der Waals surface area contributed by atoms with Crippen LogP contribution >= 0.6 is 11.6 Å². The fourth-order valence-electron chi connectivity index (χ4n) is 1.01. The van der Waals surface area contributed by atoms with Crippen molar-refractivity contribution in [3.05, 3.63) is 35.9 Å². The molecule has 1 saturated heterocycles. The van der Waals surface area contributed by atoms with Crippen molar-refractivity contribution < 1.29 is 14.3 Å². The second kappa shape index (κ2) is 7.40. The maximum Gasteiger partial charge on any atom is 0.252 e. The van der Waals surface area contributed by atoms with Crippen molar-refractivity contribution in [1.82, 2.24) is 0 Å². The molecule has 0 saturated carbocycles. The molecule has 0 N–H and O–H groups in total. The van der Waals surface area contributed by atoms with Crippen molar-refractivity contribution in [1.29, 1.82) is 0 Å². The summed E-state index contributed by atoms with van der Waals surface area (Å²) in [6.45, 7) is 3.11. The number of halogens is 1. The van der Waals surface area contributed by atoms with Gasteiger partial charge in [0, 0.05) is 5.56 Å². The molecule has 3 nitrogen and oxygen atoms in total. The molecular weight excluding hydrogens is 216 g/mol. The summed E-state index contributed by atoms with van der Waals surface area (Å²) in [6.07, 6.45) is 0. The van der Waals surface area contributed by atoms with Crippen LogP contribution in [-0.2, 0) is 9.47 Å². The number of hydrogen-bond acceptors (Lipinski definition) is 3. The first-order chi connectivity index (χ1) is 7.30. The van der Waals surface area contributed by atoms with Crippen LogP contribution < -0.4 is 0 Å². The van der Waals surface area contributed by atoms with E-state index in [4.69, 9.17) is 21.1 Å². The Morgan fingerprint density at radius 3 is 1.73 bits per heavy atom. The Morgan fingerprint density at radius 1 is 1.00 bits per heavy atom. The van der Waals surface area contributed by atoms with Crippen LogP contribution in [0.4, 0.5) is 0 Å². The standard InChI is InChI=1S/C7H5ClO.C4H8O2/c8-7(9)6-4-2-1-3-5-6;1-2-6-4-3-5-1/h1-5H;1-4H2. The molecule has 0 atom stereocenters. The van der Waals surface area contributed by atoms with Gasteiger partial charge in [-0.25, -0.2) is 0 Å². The Hall–Kier alpha value is -0.900. The van der Waals surface area contributed by atoms with Crippen LogP contribution in [0.25, 0.3) is 0 Å². The minimum Gasteiger partial charge on any atom is -0.377 e. The zero-order chi connectivity index (χ0) is 10.9. The first-order valence-corrected chi connectivity index (χ1v) is 5.09. The van der Waals surface area contributed by atoms with E-state index in [0.29, 0.717) is 5.56 Å². The van der Waals surface area contributed by atoms with Crippen molar-refractivity contribution in [3.63, 3.8) is 0 Å². The van der Waals surface area contributed by atoms with Crippen LogP contribution in [0.3, 0.4) is 0 Å². The van der Waals surface area contributed by atoms with Crippen LogP contribution in [0.15, 0.2) is 30.3 Å². The Morgan fingerprint density at radius 2 is 1.47 bits per heavy atom. The van der Waals surface area contributed by atoms with Crippen molar-refractivity contribution in [2.75, 3.05) is 26.4 Å². The number of ether oxygens (including phenoxy) is 2. The summed E-state index contributed by atoms with van der Waals surface area (Å²) in [5.41, 5.74) is 0.541. The van der Waals surface area contributed by atoms with Gasteiger partial charge in [0.25, 0.3) is 5.24 Å². The van der Waals surface area contributed by atoms with Crippen molar-refractivity contribution >= 4 is 16.8 Å². The Kier molecular flexibility index (Phi) is 6.00. The summed E-state index contributed by atoms with van der Waals surface area (Å²) < 4.78 is 9.89. The topological polar surface area (TPSA) is 35.5 Å². The van der Waals surface area contributed by atoms with Gasteiger partial charge in [0.1, 0.15) is 0 Å². The molecule has 1 aromatic carbocycles. The molecular formula is C11H13ClO3. The average molecular weight is 229 g/mol. The number of hydrogen-bond donors (Lipinski definition) is 0. The van der Waals surface area contributed by atoms with Crippen LogP contribution in [0.2, 0.25) is 0 Å². The van der Waals surface area contributed by atoms with Crippen molar-refractivity contribution in [2.45, 2.75) is 0 Å². The minimum atomic E-state index is -0.407. The SMILES string of the molecule is C1COCCO1.O=C(Cl)c1ccccc1. The highest BCUT2D eigenvalue weighted by atomic mass is 35.5. The lowest BCUT2D eigenvalue weighted by Crippen LogP contribution is -2.16. The summed E-state index contributed by atoms with van der Waals surface area (Å²) in [4.78, 5) is 10.4. The van der Waals surface area contributed by atoms with E-state index >= 15 is 0 Å². The fraction of sp³-hybridized carbons (Fsp3) is 0.364. The van der Waals surface area contributed by atoms with Crippen LogP contribution in [0, 0.1) is 0 Å². The lowest BCUT2D eigenvalue weighted by atomic mass is 10.2. The summed E-state index contributed by atoms with van der Waals surface area (Å²) in [5, 5.41) is -0.407. The van der Waals surface area contributed by atoms with Gasteiger partial charge in [0.05, 0.1) is 26.4 Å². The molecule has 4 heteroatoms. The van der Waals surface area contributed by atoms with Gasteiger partial charge in [-0.15, -0.1) is 0 Å². The second-order valence-corrected chi connectivity index (χ2v) is 3.21. The summed E-state index contributed by atoms with van der Waals surface area (Å²) >= 11 is 5.16. The molecule has 0 bridgehead atoms. The fourth-order valence-corrected chi connectivity index (χ4v) is 1.14. The van der Waals surface area contributed by atoms with E-state index in [2.05, 4.69) is 0 Å². The maximum absolute atomic E-state index is 10.4. The molecule has 1 fully saturated rings. The van der Waals surface area contributed by atoms with E-state index in [1.165, 1.54) is 0 Å². The molecule has 0 aromatic heterocycles. The number of carbonyl (C=O) groups is 1. The van der Waals surface area contributed by atoms with Gasteiger partial charge < -0.3 is 9.47 Å². The van der Waals surface area contributed by atoms with Gasteiger partial charge in [-0.05, 0) is 11.6 Å². The molecule has 0 aliphatic carbocycles. The third-order valence-electron chi connectivity index (χ3n) is 1.74. The first-order valence-electron chi connectivity index (χ1n) is 4.71. The maximum atomic E-state index is 10.4. The van der Waals surface area contributed by atoms with E-state index in [1.54, 1.807) is 24.3 Å². The largest absolute Gasteiger partial charge is 0.377 e. The van der Waals surface area contributed by atoms with Crippen molar-refractivity contribution in [3.8, 4) is 0 Å². The molecule has 2 rings (SSSR count). The quantitative estimate of drug-likeness (QED) is 0.691. The Labute approximate surface area is 93.9 Å². The lowest BCUT2D eigenvalue weighted by Gasteiger charge is -2.09. The number of benzene rings is 1. The molecule has 1 aliphatic heterocycles. The summed E-state index contributed by atoms with van der Waals surface area (Å²) in [5.74, 6) is 0. The second-order valence-electron chi connectivity index (χ2n) is 2.86. The van der Waals surface area contributed by atoms with Gasteiger partial charge in [0.15, 0.2) is 0 Å². The number of carbonyl (C=O) groups excluding carboxylic acids is 1. The van der Waals surface area contributed by atoms with Crippen LogP contribution in [0.1, 0.15) is 10.4 Å². The monoisotopic (exact) mass is 228 g/mol. The van der Waals surface area contributed by atoms with Gasteiger partial charge in [0.2, 0.25) is 0 Å². The highest BCUT2D eigenvalue weighted by molar-refractivity contribution is 6.67. The minimum absolute atomic E-state index is 0.407. The molecule has 0 amide bonds. The van der Waals surface area contributed by atoms with E-state index in [-0.39, 0.29) is 0 Å². The molecule has 1 aliphatic rings. The molecule has 82 valence electrons. The van der Waals surface area contributed by atoms with Crippen LogP contribution in [-0.4, -0.2) is 31.7 Å². The van der Waals surface area contributed by atoms with E-state index < -0.39 is 5.24 Å². The molecule has 1 heterocycles. The normalized spacial score (nSPS) is 15.0. The predicted molar refractivity (Wildman–Crippen MR) is 58.3 cm³/mol. The van der Waals surface area contributed by atoms with Gasteiger partial charge in [-0.2, -0.15) is 0 Å². The molecule has 1 aromatic rings. The smallest absolute Gasteiger partial charge is 0.252 e. The first kappa shape index (κ1) is 12.2. The Balaban J connectivity index is 0.000000162. The highest BCUT2D eigenvalue weighted by Crippen LogP contribution is 2.01. The van der Waals surface area contributed by atoms with Gasteiger partial charge in [-0.3, -0.25) is 4.79 Å². The van der Waals surface area contributed by atoms with Crippen LogP contribution in [0.5, 0.6) is 0 Å². The third kappa shape index (κ3) is 5.52. The predicted octanol–water partition coefficient (Wildman–Crippen LogP) is 2.10. The average Bonchev–Trinajstić information content (AvgIpc) is 2.33. The number of rotatable bonds is 1. The van der Waals surface area contributed by atoms with Crippen molar-refractivity contribution in [2.24, 2.45) is 0 Å². The molecule has 0 radical (unpaired) electrons. The van der Waals surface area contributed by atoms with E-state index in [9.17, 15) is 4.79 Å².